The molecule has 1 aliphatic rings. The number of halogens is 3. The number of rotatable bonds is 2. The maximum atomic E-state index is 13.5. The van der Waals surface area contributed by atoms with Gasteiger partial charge >= 0.3 is 6.09 Å². The van der Waals surface area contributed by atoms with Crippen molar-refractivity contribution in [2.75, 3.05) is 19.0 Å². The van der Waals surface area contributed by atoms with Crippen molar-refractivity contribution < 1.29 is 27.5 Å². The number of carbonyl (C=O) groups is 2. The molecule has 1 atom stereocenters. The van der Waals surface area contributed by atoms with Crippen LogP contribution in [0.3, 0.4) is 0 Å². The molecule has 2 rings (SSSR count). The van der Waals surface area contributed by atoms with E-state index in [4.69, 9.17) is 0 Å². The first kappa shape index (κ1) is 15.1. The lowest BCUT2D eigenvalue weighted by Crippen LogP contribution is -2.43. The molecule has 114 valence electrons. The molecule has 0 radical (unpaired) electrons. The average Bonchev–Trinajstić information content (AvgIpc) is 2.96. The van der Waals surface area contributed by atoms with E-state index in [1.807, 2.05) is 0 Å². The van der Waals surface area contributed by atoms with Gasteiger partial charge in [-0.25, -0.2) is 18.0 Å². The van der Waals surface area contributed by atoms with Crippen molar-refractivity contribution in [3.8, 4) is 0 Å². The number of hydrogen-bond donors (Lipinski definition) is 1. The average molecular weight is 302 g/mol. The van der Waals surface area contributed by atoms with Crippen LogP contribution in [0, 0.1) is 17.5 Å². The quantitative estimate of drug-likeness (QED) is 0.853. The van der Waals surface area contributed by atoms with Gasteiger partial charge in [0.2, 0.25) is 5.91 Å². The summed E-state index contributed by atoms with van der Waals surface area (Å²) in [5, 5.41) is 2.16. The molecule has 0 aliphatic carbocycles. The fourth-order valence-corrected chi connectivity index (χ4v) is 2.21. The third kappa shape index (κ3) is 2.93. The molecule has 2 amide bonds. The number of nitrogens with one attached hydrogen (secondary N) is 1. The molecule has 21 heavy (non-hydrogen) atoms. The first-order valence-electron chi connectivity index (χ1n) is 6.24. The fourth-order valence-electron chi connectivity index (χ4n) is 2.21. The predicted octanol–water partition coefficient (Wildman–Crippen LogP) is 2.27. The molecule has 1 saturated heterocycles. The summed E-state index contributed by atoms with van der Waals surface area (Å²) in [7, 11) is 1.19. The predicted molar refractivity (Wildman–Crippen MR) is 67.1 cm³/mol. The Kier molecular flexibility index (Phi) is 4.35. The van der Waals surface area contributed by atoms with E-state index in [0.717, 1.165) is 6.07 Å². The van der Waals surface area contributed by atoms with E-state index in [0.29, 0.717) is 25.5 Å². The summed E-state index contributed by atoms with van der Waals surface area (Å²) in [5.74, 6) is -5.17. The minimum atomic E-state index is -1.66. The molecule has 1 aromatic rings. The standard InChI is InChI=1S/C13H13F3N2O3/c1-21-13(20)18-6-2-3-9(18)12(19)17-8-5-4-7(14)10(15)11(8)16/h4-5,9H,2-3,6H2,1H3,(H,17,19). The summed E-state index contributed by atoms with van der Waals surface area (Å²) < 4.78 is 44.0. The highest BCUT2D eigenvalue weighted by atomic mass is 19.2. The second-order valence-corrected chi connectivity index (χ2v) is 4.53. The number of ether oxygens (including phenoxy) is 1. The summed E-state index contributed by atoms with van der Waals surface area (Å²) in [6.45, 7) is 0.338. The van der Waals surface area contributed by atoms with E-state index in [2.05, 4.69) is 10.1 Å². The van der Waals surface area contributed by atoms with Gasteiger partial charge in [-0.05, 0) is 25.0 Å². The summed E-state index contributed by atoms with van der Waals surface area (Å²) in [5.41, 5.74) is -0.476. The second kappa shape index (κ2) is 6.02. The molecular weight excluding hydrogens is 289 g/mol. The topological polar surface area (TPSA) is 58.6 Å². The van der Waals surface area contributed by atoms with Gasteiger partial charge in [0.25, 0.3) is 0 Å². The van der Waals surface area contributed by atoms with Crippen molar-refractivity contribution in [3.05, 3.63) is 29.6 Å². The summed E-state index contributed by atoms with van der Waals surface area (Å²) in [6, 6.07) is 0.800. The van der Waals surface area contributed by atoms with Gasteiger partial charge in [0.1, 0.15) is 6.04 Å². The number of amides is 2. The Morgan fingerprint density at radius 2 is 2.00 bits per heavy atom. The Morgan fingerprint density at radius 3 is 2.67 bits per heavy atom. The van der Waals surface area contributed by atoms with E-state index in [1.165, 1.54) is 12.0 Å². The molecule has 1 fully saturated rings. The van der Waals surface area contributed by atoms with Crippen molar-refractivity contribution in [3.63, 3.8) is 0 Å². The van der Waals surface area contributed by atoms with Crippen molar-refractivity contribution in [2.24, 2.45) is 0 Å². The highest BCUT2D eigenvalue weighted by molar-refractivity contribution is 5.96. The lowest BCUT2D eigenvalue weighted by Gasteiger charge is -2.22. The number of hydrogen-bond acceptors (Lipinski definition) is 3. The molecule has 0 bridgehead atoms. The smallest absolute Gasteiger partial charge is 0.410 e. The van der Waals surface area contributed by atoms with Crippen LogP contribution in [0.4, 0.5) is 23.7 Å². The maximum Gasteiger partial charge on any atom is 0.410 e. The van der Waals surface area contributed by atoms with E-state index < -0.39 is 41.2 Å². The van der Waals surface area contributed by atoms with Crippen molar-refractivity contribution >= 4 is 17.7 Å². The third-order valence-corrected chi connectivity index (χ3v) is 3.26. The SMILES string of the molecule is COC(=O)N1CCCC1C(=O)Nc1ccc(F)c(F)c1F. The normalized spacial score (nSPS) is 17.7. The monoisotopic (exact) mass is 302 g/mol. The van der Waals surface area contributed by atoms with Gasteiger partial charge in [0.15, 0.2) is 17.5 Å². The Bertz CT molecular complexity index is 580. The van der Waals surface area contributed by atoms with Crippen LogP contribution in [0.2, 0.25) is 0 Å². The molecule has 1 unspecified atom stereocenters. The largest absolute Gasteiger partial charge is 0.453 e. The molecule has 5 nitrogen and oxygen atoms in total. The van der Waals surface area contributed by atoms with Gasteiger partial charge in [-0.15, -0.1) is 0 Å². The van der Waals surface area contributed by atoms with Crippen LogP contribution in [0.25, 0.3) is 0 Å². The van der Waals surface area contributed by atoms with Gasteiger partial charge in [0, 0.05) is 6.54 Å². The summed E-state index contributed by atoms with van der Waals surface area (Å²) in [4.78, 5) is 24.7. The van der Waals surface area contributed by atoms with Gasteiger partial charge in [-0.1, -0.05) is 0 Å². The number of methoxy groups -OCH3 is 1. The minimum Gasteiger partial charge on any atom is -0.453 e. The van der Waals surface area contributed by atoms with Crippen LogP contribution in [0.5, 0.6) is 0 Å². The molecule has 1 heterocycles. The fraction of sp³-hybridized carbons (Fsp3) is 0.385. The maximum absolute atomic E-state index is 13.5. The zero-order valence-corrected chi connectivity index (χ0v) is 11.2. The highest BCUT2D eigenvalue weighted by Crippen LogP contribution is 2.23. The third-order valence-electron chi connectivity index (χ3n) is 3.26. The van der Waals surface area contributed by atoms with Gasteiger partial charge in [0.05, 0.1) is 12.8 Å². The first-order valence-corrected chi connectivity index (χ1v) is 6.24. The van der Waals surface area contributed by atoms with Crippen LogP contribution >= 0.6 is 0 Å². The summed E-state index contributed by atoms with van der Waals surface area (Å²) >= 11 is 0. The zero-order chi connectivity index (χ0) is 15.6. The number of carbonyl (C=O) groups excluding carboxylic acids is 2. The zero-order valence-electron chi connectivity index (χ0n) is 11.2. The summed E-state index contributed by atoms with van der Waals surface area (Å²) in [6.07, 6.45) is 0.304. The molecule has 1 aliphatic heterocycles. The molecular formula is C13H13F3N2O3. The second-order valence-electron chi connectivity index (χ2n) is 4.53. The molecule has 0 saturated carbocycles. The van der Waals surface area contributed by atoms with Crippen LogP contribution in [-0.2, 0) is 9.53 Å². The Hall–Kier alpha value is -2.25. The Balaban J connectivity index is 2.15. The van der Waals surface area contributed by atoms with Gasteiger partial charge < -0.3 is 10.1 Å². The van der Waals surface area contributed by atoms with Crippen LogP contribution in [-0.4, -0.2) is 36.6 Å². The van der Waals surface area contributed by atoms with Gasteiger partial charge in [-0.2, -0.15) is 0 Å². The van der Waals surface area contributed by atoms with Gasteiger partial charge in [-0.3, -0.25) is 9.69 Å². The lowest BCUT2D eigenvalue weighted by atomic mass is 10.2. The van der Waals surface area contributed by atoms with E-state index in [1.54, 1.807) is 0 Å². The minimum absolute atomic E-state index is 0.338. The molecule has 0 spiro atoms. The van der Waals surface area contributed by atoms with E-state index in [-0.39, 0.29) is 0 Å². The molecule has 0 aromatic heterocycles. The van der Waals surface area contributed by atoms with Crippen molar-refractivity contribution in [1.82, 2.24) is 4.90 Å². The van der Waals surface area contributed by atoms with Crippen molar-refractivity contribution in [1.29, 1.82) is 0 Å². The number of anilines is 1. The van der Waals surface area contributed by atoms with Crippen LogP contribution in [0.1, 0.15) is 12.8 Å². The Labute approximate surface area is 118 Å². The lowest BCUT2D eigenvalue weighted by molar-refractivity contribution is -0.120. The first-order chi connectivity index (χ1) is 9.95. The highest BCUT2D eigenvalue weighted by Gasteiger charge is 2.35. The molecule has 8 heteroatoms. The molecule has 1 aromatic carbocycles. The number of likely N-dealkylation sites (tertiary alicyclic amines) is 1. The van der Waals surface area contributed by atoms with E-state index >= 15 is 0 Å². The van der Waals surface area contributed by atoms with Crippen LogP contribution < -0.4 is 5.32 Å². The van der Waals surface area contributed by atoms with E-state index in [9.17, 15) is 22.8 Å². The van der Waals surface area contributed by atoms with Crippen LogP contribution in [0.15, 0.2) is 12.1 Å². The molecule has 1 N–H and O–H groups in total. The Morgan fingerprint density at radius 1 is 1.29 bits per heavy atom. The van der Waals surface area contributed by atoms with Crippen molar-refractivity contribution in [2.45, 2.75) is 18.9 Å². The number of benzene rings is 1. The number of nitrogens with zero attached hydrogens (tertiary/aromatic N) is 1.